The molecule has 0 N–H and O–H groups in total. The highest BCUT2D eigenvalue weighted by molar-refractivity contribution is 7.90. The summed E-state index contributed by atoms with van der Waals surface area (Å²) in [6.07, 6.45) is -2.88. The molecule has 0 radical (unpaired) electrons. The van der Waals surface area contributed by atoms with E-state index in [1.165, 1.54) is 37.4 Å². The largest absolute Gasteiger partial charge is 0.494 e. The third-order valence-corrected chi connectivity index (χ3v) is 7.34. The van der Waals surface area contributed by atoms with Crippen molar-refractivity contribution < 1.29 is 35.9 Å². The molecule has 0 amide bonds. The molecule has 3 rings (SSSR count). The Morgan fingerprint density at radius 1 is 1.00 bits per heavy atom. The minimum atomic E-state index is -4.42. The fourth-order valence-corrected chi connectivity index (χ4v) is 5.15. The van der Waals surface area contributed by atoms with Crippen LogP contribution in [0, 0.1) is 0 Å². The lowest BCUT2D eigenvalue weighted by atomic mass is 10.00. The molecule has 0 saturated carbocycles. The van der Waals surface area contributed by atoms with Crippen molar-refractivity contribution in [3.63, 3.8) is 0 Å². The quantitative estimate of drug-likeness (QED) is 0.200. The van der Waals surface area contributed by atoms with Crippen LogP contribution >= 0.6 is 0 Å². The number of carbonyl (C=O) groups is 1. The first-order valence-corrected chi connectivity index (χ1v) is 14.3. The molecule has 0 spiro atoms. The number of benzene rings is 3. The molecule has 3 aromatic carbocycles. The predicted molar refractivity (Wildman–Crippen MR) is 143 cm³/mol. The Bertz CT molecular complexity index is 1360. The van der Waals surface area contributed by atoms with Crippen molar-refractivity contribution in [1.29, 1.82) is 0 Å². The predicted octanol–water partition coefficient (Wildman–Crippen LogP) is 5.97. The maximum Gasteiger partial charge on any atom is 0.416 e. The summed E-state index contributed by atoms with van der Waals surface area (Å²) in [4.78, 5) is 13.8. The van der Waals surface area contributed by atoms with Crippen LogP contribution in [0.5, 0.6) is 5.75 Å². The lowest BCUT2D eigenvalue weighted by Gasteiger charge is -2.26. The van der Waals surface area contributed by atoms with Crippen molar-refractivity contribution in [2.75, 3.05) is 33.1 Å². The first-order chi connectivity index (χ1) is 18.4. The van der Waals surface area contributed by atoms with Crippen LogP contribution in [0.1, 0.15) is 46.3 Å². The van der Waals surface area contributed by atoms with Gasteiger partial charge in [-0.25, -0.2) is 13.2 Å². The average Bonchev–Trinajstić information content (AvgIpc) is 2.90. The van der Waals surface area contributed by atoms with Gasteiger partial charge >= 0.3 is 12.1 Å². The molecule has 3 aromatic rings. The number of alkyl halides is 3. The lowest BCUT2D eigenvalue weighted by Crippen LogP contribution is -2.29. The number of ether oxygens (including phenoxy) is 2. The zero-order chi connectivity index (χ0) is 28.6. The summed E-state index contributed by atoms with van der Waals surface area (Å²) in [6.45, 7) is 3.78. The van der Waals surface area contributed by atoms with Crippen LogP contribution in [-0.2, 0) is 27.3 Å². The zero-order valence-corrected chi connectivity index (χ0v) is 22.9. The summed E-state index contributed by atoms with van der Waals surface area (Å²) in [7, 11) is -2.54. The van der Waals surface area contributed by atoms with Gasteiger partial charge in [0.1, 0.15) is 5.75 Å². The van der Waals surface area contributed by atoms with Crippen LogP contribution in [0.2, 0.25) is 0 Å². The zero-order valence-electron chi connectivity index (χ0n) is 22.1. The van der Waals surface area contributed by atoms with E-state index in [1.54, 1.807) is 6.07 Å². The van der Waals surface area contributed by atoms with E-state index >= 15 is 0 Å². The highest BCUT2D eigenvalue weighted by Crippen LogP contribution is 2.30. The Labute approximate surface area is 227 Å². The average molecular weight is 564 g/mol. The van der Waals surface area contributed by atoms with Crippen LogP contribution < -0.4 is 4.74 Å². The fourth-order valence-electron chi connectivity index (χ4n) is 4.27. The topological polar surface area (TPSA) is 72.9 Å². The van der Waals surface area contributed by atoms with E-state index < -0.39 is 27.5 Å². The van der Waals surface area contributed by atoms with E-state index in [-0.39, 0.29) is 28.7 Å². The van der Waals surface area contributed by atoms with Gasteiger partial charge in [0.05, 0.1) is 29.7 Å². The molecule has 0 aliphatic carbocycles. The number of nitrogens with zero attached hydrogens (tertiary/aromatic N) is 1. The molecular formula is C29H32F3NO5S. The smallest absolute Gasteiger partial charge is 0.416 e. The molecular weight excluding hydrogens is 531 g/mol. The van der Waals surface area contributed by atoms with Gasteiger partial charge in [-0.05, 0) is 47.7 Å². The number of halogens is 3. The summed E-state index contributed by atoms with van der Waals surface area (Å²) in [5.41, 5.74) is 0.926. The Hall–Kier alpha value is -3.37. The van der Waals surface area contributed by atoms with Gasteiger partial charge in [-0.3, -0.25) is 4.90 Å². The Kier molecular flexibility index (Phi) is 10.2. The fraction of sp³-hybridized carbons (Fsp3) is 0.345. The third-order valence-electron chi connectivity index (χ3n) is 6.21. The third kappa shape index (κ3) is 8.83. The first kappa shape index (κ1) is 30.2. The molecule has 6 nitrogen and oxygen atoms in total. The van der Waals surface area contributed by atoms with Gasteiger partial charge in [0.15, 0.2) is 9.84 Å². The van der Waals surface area contributed by atoms with Gasteiger partial charge in [-0.2, -0.15) is 13.2 Å². The van der Waals surface area contributed by atoms with E-state index in [0.717, 1.165) is 17.9 Å². The second-order valence-corrected chi connectivity index (χ2v) is 11.4. The molecule has 39 heavy (non-hydrogen) atoms. The molecule has 10 heteroatoms. The van der Waals surface area contributed by atoms with Crippen LogP contribution in [0.3, 0.4) is 0 Å². The van der Waals surface area contributed by atoms with Crippen molar-refractivity contribution in [3.8, 4) is 5.75 Å². The monoisotopic (exact) mass is 563 g/mol. The molecule has 0 fully saturated rings. The molecule has 0 heterocycles. The standard InChI is InChI=1S/C29H32F3NO5S/c1-21(23-10-5-4-6-11-23)19-33(20-22-9-7-12-24(17-22)29(30,31)32)15-8-16-38-25-13-14-26(28(34)37-2)27(18-25)39(3,35)36/h4-7,9-14,17-18,21H,8,15-16,19-20H2,1-3H3. The molecule has 1 unspecified atom stereocenters. The van der Waals surface area contributed by atoms with Crippen LogP contribution in [-0.4, -0.2) is 52.3 Å². The van der Waals surface area contributed by atoms with E-state index in [4.69, 9.17) is 4.74 Å². The summed E-state index contributed by atoms with van der Waals surface area (Å²) in [6, 6.07) is 19.3. The van der Waals surface area contributed by atoms with E-state index in [2.05, 4.69) is 16.6 Å². The summed E-state index contributed by atoms with van der Waals surface area (Å²) < 4.78 is 74.5. The number of sulfone groups is 1. The molecule has 0 saturated heterocycles. The molecule has 0 aliphatic heterocycles. The molecule has 0 bridgehead atoms. The second-order valence-electron chi connectivity index (χ2n) is 9.37. The number of carbonyl (C=O) groups excluding carboxylic acids is 1. The second kappa shape index (κ2) is 13.1. The summed E-state index contributed by atoms with van der Waals surface area (Å²) in [5.74, 6) is -0.342. The van der Waals surface area contributed by atoms with E-state index in [0.29, 0.717) is 31.6 Å². The van der Waals surface area contributed by atoms with E-state index in [1.807, 2.05) is 30.3 Å². The van der Waals surface area contributed by atoms with Gasteiger partial charge < -0.3 is 9.47 Å². The van der Waals surface area contributed by atoms with E-state index in [9.17, 15) is 26.4 Å². The van der Waals surface area contributed by atoms with Gasteiger partial charge in [-0.15, -0.1) is 0 Å². The maximum absolute atomic E-state index is 13.2. The maximum atomic E-state index is 13.2. The van der Waals surface area contributed by atoms with Crippen LogP contribution in [0.15, 0.2) is 77.7 Å². The normalized spacial score (nSPS) is 12.8. The highest BCUT2D eigenvalue weighted by Gasteiger charge is 2.30. The Morgan fingerprint density at radius 2 is 1.72 bits per heavy atom. The van der Waals surface area contributed by atoms with Gasteiger partial charge in [-0.1, -0.05) is 55.5 Å². The van der Waals surface area contributed by atoms with Crippen molar-refractivity contribution in [3.05, 3.63) is 95.1 Å². The van der Waals surface area contributed by atoms with Crippen molar-refractivity contribution >= 4 is 15.8 Å². The van der Waals surface area contributed by atoms with Gasteiger partial charge in [0.25, 0.3) is 0 Å². The van der Waals surface area contributed by atoms with Crippen molar-refractivity contribution in [2.45, 2.75) is 36.9 Å². The number of esters is 1. The molecule has 0 aliphatic rings. The summed E-state index contributed by atoms with van der Waals surface area (Å²) >= 11 is 0. The van der Waals surface area contributed by atoms with Gasteiger partial charge in [0.2, 0.25) is 0 Å². The van der Waals surface area contributed by atoms with Crippen LogP contribution in [0.25, 0.3) is 0 Å². The highest BCUT2D eigenvalue weighted by atomic mass is 32.2. The molecule has 1 atom stereocenters. The Balaban J connectivity index is 1.70. The first-order valence-electron chi connectivity index (χ1n) is 12.4. The van der Waals surface area contributed by atoms with Crippen molar-refractivity contribution in [1.82, 2.24) is 4.90 Å². The van der Waals surface area contributed by atoms with Gasteiger partial charge in [0, 0.05) is 25.9 Å². The molecule has 210 valence electrons. The minimum Gasteiger partial charge on any atom is -0.494 e. The van der Waals surface area contributed by atoms with Crippen molar-refractivity contribution in [2.24, 2.45) is 0 Å². The number of hydrogen-bond donors (Lipinski definition) is 0. The number of rotatable bonds is 12. The SMILES string of the molecule is COC(=O)c1ccc(OCCCN(Cc2cccc(C(F)(F)F)c2)CC(C)c2ccccc2)cc1S(C)(=O)=O. The number of methoxy groups -OCH3 is 1. The number of hydrogen-bond acceptors (Lipinski definition) is 6. The minimum absolute atomic E-state index is 0.0745. The Morgan fingerprint density at radius 3 is 2.36 bits per heavy atom. The lowest BCUT2D eigenvalue weighted by molar-refractivity contribution is -0.137. The van der Waals surface area contributed by atoms with Crippen LogP contribution in [0.4, 0.5) is 13.2 Å². The molecule has 0 aromatic heterocycles. The summed E-state index contributed by atoms with van der Waals surface area (Å²) in [5, 5.41) is 0.